The molecule has 0 fully saturated rings. The van der Waals surface area contributed by atoms with Crippen LogP contribution in [0.3, 0.4) is 0 Å². The number of nitrogens with zero attached hydrogens (tertiary/aromatic N) is 2. The van der Waals surface area contributed by atoms with Crippen LogP contribution in [0.25, 0.3) is 0 Å². The van der Waals surface area contributed by atoms with Crippen molar-refractivity contribution in [2.75, 3.05) is 13.6 Å². The Morgan fingerprint density at radius 2 is 2.25 bits per heavy atom. The summed E-state index contributed by atoms with van der Waals surface area (Å²) >= 11 is 6.46. The average molecular weight is 239 g/mol. The van der Waals surface area contributed by atoms with Gasteiger partial charge in [-0.25, -0.2) is 0 Å². The lowest BCUT2D eigenvalue weighted by atomic mass is 9.98. The summed E-state index contributed by atoms with van der Waals surface area (Å²) in [5, 5.41) is 0.965. The zero-order valence-corrected chi connectivity index (χ0v) is 11.0. The summed E-state index contributed by atoms with van der Waals surface area (Å²) in [5.41, 5.74) is 3.64. The van der Waals surface area contributed by atoms with Crippen molar-refractivity contribution in [3.8, 4) is 0 Å². The van der Waals surface area contributed by atoms with E-state index in [0.29, 0.717) is 5.92 Å². The maximum Gasteiger partial charge on any atom is 0.0591 e. The van der Waals surface area contributed by atoms with E-state index >= 15 is 0 Å². The van der Waals surface area contributed by atoms with Gasteiger partial charge in [0, 0.05) is 19.3 Å². The highest BCUT2D eigenvalue weighted by molar-refractivity contribution is 6.32. The highest BCUT2D eigenvalue weighted by atomic mass is 35.5. The molecule has 1 aliphatic heterocycles. The van der Waals surface area contributed by atoms with E-state index in [0.717, 1.165) is 36.6 Å². The largest absolute Gasteiger partial charge is 0.300 e. The molecule has 0 saturated heterocycles. The van der Waals surface area contributed by atoms with E-state index in [1.807, 2.05) is 6.20 Å². The van der Waals surface area contributed by atoms with Crippen molar-refractivity contribution >= 4 is 11.6 Å². The Labute approximate surface area is 103 Å². The van der Waals surface area contributed by atoms with Crippen LogP contribution in [0.2, 0.25) is 5.02 Å². The predicted molar refractivity (Wildman–Crippen MR) is 67.8 cm³/mol. The van der Waals surface area contributed by atoms with Crippen molar-refractivity contribution < 1.29 is 0 Å². The molecule has 0 atom stereocenters. The van der Waals surface area contributed by atoms with Gasteiger partial charge in [-0.05, 0) is 36.9 Å². The van der Waals surface area contributed by atoms with Gasteiger partial charge in [0.05, 0.1) is 10.7 Å². The number of hydrogen-bond acceptors (Lipinski definition) is 2. The highest BCUT2D eigenvalue weighted by Gasteiger charge is 2.19. The van der Waals surface area contributed by atoms with Crippen molar-refractivity contribution in [3.05, 3.63) is 28.0 Å². The van der Waals surface area contributed by atoms with Crippen molar-refractivity contribution in [1.29, 1.82) is 0 Å². The maximum atomic E-state index is 6.46. The first-order valence-electron chi connectivity index (χ1n) is 5.91. The third kappa shape index (κ3) is 2.38. The van der Waals surface area contributed by atoms with Gasteiger partial charge < -0.3 is 4.90 Å². The maximum absolute atomic E-state index is 6.46. The van der Waals surface area contributed by atoms with Gasteiger partial charge in [-0.15, -0.1) is 0 Å². The van der Waals surface area contributed by atoms with Gasteiger partial charge in [0.1, 0.15) is 0 Å². The molecule has 0 saturated carbocycles. The summed E-state index contributed by atoms with van der Waals surface area (Å²) in [6.07, 6.45) is 4.01. The Kier molecular flexibility index (Phi) is 3.50. The summed E-state index contributed by atoms with van der Waals surface area (Å²) in [7, 11) is 2.13. The van der Waals surface area contributed by atoms with E-state index in [9.17, 15) is 0 Å². The second-order valence-electron chi connectivity index (χ2n) is 5.11. The molecule has 16 heavy (non-hydrogen) atoms. The summed E-state index contributed by atoms with van der Waals surface area (Å²) < 4.78 is 0. The first-order chi connectivity index (χ1) is 7.58. The van der Waals surface area contributed by atoms with Crippen LogP contribution in [-0.2, 0) is 19.4 Å². The fourth-order valence-electron chi connectivity index (χ4n) is 2.22. The molecule has 1 aliphatic rings. The topological polar surface area (TPSA) is 16.1 Å². The average Bonchev–Trinajstić information content (AvgIpc) is 2.22. The highest BCUT2D eigenvalue weighted by Crippen LogP contribution is 2.28. The van der Waals surface area contributed by atoms with E-state index in [1.54, 1.807) is 0 Å². The number of pyridine rings is 1. The number of aromatic nitrogens is 1. The molecule has 2 heterocycles. The lowest BCUT2D eigenvalue weighted by molar-refractivity contribution is 0.307. The van der Waals surface area contributed by atoms with Gasteiger partial charge in [0.25, 0.3) is 0 Å². The summed E-state index contributed by atoms with van der Waals surface area (Å²) in [4.78, 5) is 6.84. The number of likely N-dealkylation sites (N-methyl/N-ethyl adjacent to an activating group) is 1. The lowest BCUT2D eigenvalue weighted by Gasteiger charge is -2.25. The van der Waals surface area contributed by atoms with Gasteiger partial charge in [-0.2, -0.15) is 0 Å². The molecular weight excluding hydrogens is 220 g/mol. The van der Waals surface area contributed by atoms with Crippen molar-refractivity contribution in [3.63, 3.8) is 0 Å². The van der Waals surface area contributed by atoms with Gasteiger partial charge in [0.15, 0.2) is 0 Å². The van der Waals surface area contributed by atoms with Crippen LogP contribution < -0.4 is 0 Å². The van der Waals surface area contributed by atoms with Gasteiger partial charge in [-0.1, -0.05) is 25.4 Å². The zero-order chi connectivity index (χ0) is 11.7. The molecule has 2 rings (SSSR count). The molecule has 1 aromatic rings. The Balaban J connectivity index is 2.32. The SMILES string of the molecule is CC(C)Cc1cnc2c(c1Cl)CCN(C)C2. The minimum Gasteiger partial charge on any atom is -0.300 e. The third-order valence-corrected chi connectivity index (χ3v) is 3.53. The Morgan fingerprint density at radius 3 is 2.94 bits per heavy atom. The number of fused-ring (bicyclic) bond motifs is 1. The molecule has 0 bridgehead atoms. The molecule has 0 unspecified atom stereocenters. The van der Waals surface area contributed by atoms with Crippen LogP contribution >= 0.6 is 11.6 Å². The fraction of sp³-hybridized carbons (Fsp3) is 0.615. The van der Waals surface area contributed by atoms with Gasteiger partial charge in [-0.3, -0.25) is 4.98 Å². The molecule has 0 aliphatic carbocycles. The Hall–Kier alpha value is -0.600. The first kappa shape index (κ1) is 11.9. The third-order valence-electron chi connectivity index (χ3n) is 3.06. The van der Waals surface area contributed by atoms with E-state index in [1.165, 1.54) is 11.1 Å². The van der Waals surface area contributed by atoms with Gasteiger partial charge >= 0.3 is 0 Å². The molecule has 88 valence electrons. The number of rotatable bonds is 2. The van der Waals surface area contributed by atoms with Crippen LogP contribution in [0, 0.1) is 5.92 Å². The van der Waals surface area contributed by atoms with E-state index in [2.05, 4.69) is 30.8 Å². The second kappa shape index (κ2) is 4.72. The van der Waals surface area contributed by atoms with Crippen LogP contribution in [0.4, 0.5) is 0 Å². The Bertz CT molecular complexity index is 388. The molecule has 0 amide bonds. The second-order valence-corrected chi connectivity index (χ2v) is 5.49. The monoisotopic (exact) mass is 238 g/mol. The van der Waals surface area contributed by atoms with Crippen molar-refractivity contribution in [2.45, 2.75) is 33.2 Å². The zero-order valence-electron chi connectivity index (χ0n) is 10.3. The van der Waals surface area contributed by atoms with Crippen LogP contribution in [0.5, 0.6) is 0 Å². The van der Waals surface area contributed by atoms with Gasteiger partial charge in [0.2, 0.25) is 0 Å². The number of halogens is 1. The van der Waals surface area contributed by atoms with Crippen molar-refractivity contribution in [2.24, 2.45) is 5.92 Å². The molecule has 0 aromatic carbocycles. The molecule has 1 aromatic heterocycles. The van der Waals surface area contributed by atoms with E-state index < -0.39 is 0 Å². The summed E-state index contributed by atoms with van der Waals surface area (Å²) in [6, 6.07) is 0. The van der Waals surface area contributed by atoms with Crippen LogP contribution in [0.1, 0.15) is 30.7 Å². The standard InChI is InChI=1S/C13H19ClN2/c1-9(2)6-10-7-15-12-8-16(3)5-4-11(12)13(10)14/h7,9H,4-6,8H2,1-3H3. The molecule has 0 N–H and O–H groups in total. The predicted octanol–water partition coefficient (Wildman–Crippen LogP) is 2.92. The summed E-state index contributed by atoms with van der Waals surface area (Å²) in [5.74, 6) is 0.628. The first-order valence-corrected chi connectivity index (χ1v) is 6.29. The quantitative estimate of drug-likeness (QED) is 0.788. The number of hydrogen-bond donors (Lipinski definition) is 0. The van der Waals surface area contributed by atoms with Crippen LogP contribution in [-0.4, -0.2) is 23.5 Å². The molecular formula is C13H19ClN2. The summed E-state index contributed by atoms with van der Waals surface area (Å²) in [6.45, 7) is 6.43. The normalized spacial score (nSPS) is 16.6. The van der Waals surface area contributed by atoms with Crippen molar-refractivity contribution in [1.82, 2.24) is 9.88 Å². The van der Waals surface area contributed by atoms with E-state index in [4.69, 9.17) is 11.6 Å². The molecule has 0 radical (unpaired) electrons. The Morgan fingerprint density at radius 1 is 1.50 bits per heavy atom. The minimum absolute atomic E-state index is 0.628. The molecule has 2 nitrogen and oxygen atoms in total. The molecule has 0 spiro atoms. The smallest absolute Gasteiger partial charge is 0.0591 e. The fourth-order valence-corrected chi connectivity index (χ4v) is 2.55. The molecule has 3 heteroatoms. The lowest BCUT2D eigenvalue weighted by Crippen LogP contribution is -2.28. The van der Waals surface area contributed by atoms with Crippen LogP contribution in [0.15, 0.2) is 6.20 Å². The minimum atomic E-state index is 0.628. The van der Waals surface area contributed by atoms with E-state index in [-0.39, 0.29) is 0 Å².